The number of nitrogens with zero attached hydrogens (tertiary/aromatic N) is 1. The van der Waals surface area contributed by atoms with Crippen molar-refractivity contribution in [2.75, 3.05) is 0 Å². The molecular weight excluding hydrogens is 134 g/mol. The number of aromatic nitrogens is 1. The highest BCUT2D eigenvalue weighted by Gasteiger charge is 1.92. The van der Waals surface area contributed by atoms with E-state index in [9.17, 15) is 0 Å². The average molecular weight is 141 g/mol. The number of hydrogen-bond donors (Lipinski definition) is 0. The fraction of sp³-hybridized carbons (Fsp3) is 0.143. The Balaban J connectivity index is 3.17. The average Bonchev–Trinajstić information content (AvgIpc) is 1.80. The van der Waals surface area contributed by atoms with Crippen LogP contribution in [-0.4, -0.2) is 4.98 Å². The van der Waals surface area contributed by atoms with E-state index in [0.717, 1.165) is 11.1 Å². The minimum Gasteiger partial charge on any atom is -0.244 e. The van der Waals surface area contributed by atoms with Crippen LogP contribution in [0.1, 0.15) is 11.1 Å². The number of hydrogen-bond acceptors (Lipinski definition) is 1. The van der Waals surface area contributed by atoms with Crippen molar-refractivity contribution >= 4 is 11.6 Å². The highest BCUT2D eigenvalue weighted by atomic mass is 35.5. The van der Waals surface area contributed by atoms with Crippen molar-refractivity contribution in [1.29, 1.82) is 0 Å². The maximum atomic E-state index is 5.58. The predicted molar refractivity (Wildman–Crippen MR) is 38.4 cm³/mol. The molecule has 0 aliphatic rings. The normalized spacial score (nSPS) is 9.67. The molecule has 1 heterocycles. The number of aryl methyl sites for hydroxylation is 1. The fourth-order valence-corrected chi connectivity index (χ4v) is 0.762. The molecule has 0 unspecified atom stereocenters. The van der Waals surface area contributed by atoms with Gasteiger partial charge in [0.05, 0.1) is 0 Å². The molecule has 9 heavy (non-hydrogen) atoms. The summed E-state index contributed by atoms with van der Waals surface area (Å²) < 4.78 is 0. The maximum absolute atomic E-state index is 5.58. The summed E-state index contributed by atoms with van der Waals surface area (Å²) >= 11 is 5.58. The van der Waals surface area contributed by atoms with Gasteiger partial charge in [-0.15, -0.1) is 0 Å². The Hall–Kier alpha value is -0.560. The van der Waals surface area contributed by atoms with Crippen LogP contribution < -0.4 is 0 Å². The van der Waals surface area contributed by atoms with Crippen molar-refractivity contribution in [1.82, 2.24) is 4.98 Å². The van der Waals surface area contributed by atoms with Crippen LogP contribution in [0.4, 0.5) is 0 Å². The van der Waals surface area contributed by atoms with E-state index >= 15 is 0 Å². The van der Waals surface area contributed by atoms with E-state index in [4.69, 9.17) is 11.6 Å². The lowest BCUT2D eigenvalue weighted by Gasteiger charge is -1.95. The molecule has 1 aromatic heterocycles. The molecule has 0 fully saturated rings. The van der Waals surface area contributed by atoms with Gasteiger partial charge in [-0.1, -0.05) is 11.6 Å². The molecule has 1 rings (SSSR count). The van der Waals surface area contributed by atoms with Gasteiger partial charge in [0.25, 0.3) is 0 Å². The van der Waals surface area contributed by atoms with Gasteiger partial charge in [-0.05, 0) is 31.0 Å². The van der Waals surface area contributed by atoms with Gasteiger partial charge in [-0.2, -0.15) is 0 Å². The molecule has 0 aliphatic heterocycles. The van der Waals surface area contributed by atoms with E-state index in [1.807, 2.05) is 6.92 Å². The number of pyridine rings is 1. The first kappa shape index (κ1) is 6.56. The molecule has 0 saturated carbocycles. The molecule has 0 aromatic carbocycles. The number of halogens is 1. The third kappa shape index (κ3) is 1.42. The van der Waals surface area contributed by atoms with E-state index in [1.165, 1.54) is 0 Å². The molecule has 0 bridgehead atoms. The molecule has 0 spiro atoms. The third-order valence-corrected chi connectivity index (χ3v) is 1.39. The van der Waals surface area contributed by atoms with Gasteiger partial charge in [0.2, 0.25) is 0 Å². The first-order valence-corrected chi connectivity index (χ1v) is 3.02. The van der Waals surface area contributed by atoms with Gasteiger partial charge >= 0.3 is 0 Å². The van der Waals surface area contributed by atoms with Crippen LogP contribution >= 0.6 is 11.6 Å². The topological polar surface area (TPSA) is 12.9 Å². The molecular formula is C7H7ClN. The molecule has 1 radical (unpaired) electrons. The van der Waals surface area contributed by atoms with Crippen LogP contribution in [0, 0.1) is 13.8 Å². The molecule has 1 aromatic rings. The van der Waals surface area contributed by atoms with E-state index in [0.29, 0.717) is 5.15 Å². The zero-order valence-electron chi connectivity index (χ0n) is 5.19. The summed E-state index contributed by atoms with van der Waals surface area (Å²) in [5.74, 6) is 0. The van der Waals surface area contributed by atoms with E-state index in [2.05, 4.69) is 11.9 Å². The molecule has 1 nitrogen and oxygen atoms in total. The van der Waals surface area contributed by atoms with Gasteiger partial charge in [-0.25, -0.2) is 4.98 Å². The lowest BCUT2D eigenvalue weighted by atomic mass is 10.2. The molecule has 0 saturated heterocycles. The van der Waals surface area contributed by atoms with Crippen molar-refractivity contribution < 1.29 is 0 Å². The lowest BCUT2D eigenvalue weighted by Crippen LogP contribution is -1.82. The third-order valence-electron chi connectivity index (χ3n) is 1.19. The van der Waals surface area contributed by atoms with Crippen molar-refractivity contribution in [3.8, 4) is 0 Å². The Labute approximate surface area is 59.7 Å². The standard InChI is InChI=1S/C7H7ClN/c1-5-3-7(8)9-4-6(5)2/h3-4H,2H2,1H3. The summed E-state index contributed by atoms with van der Waals surface area (Å²) in [5.41, 5.74) is 2.01. The molecule has 47 valence electrons. The minimum atomic E-state index is 0.528. The first-order valence-electron chi connectivity index (χ1n) is 2.64. The Kier molecular flexibility index (Phi) is 1.72. The first-order chi connectivity index (χ1) is 4.20. The van der Waals surface area contributed by atoms with Gasteiger partial charge in [0, 0.05) is 6.20 Å². The van der Waals surface area contributed by atoms with Crippen LogP contribution in [0.5, 0.6) is 0 Å². The predicted octanol–water partition coefficient (Wildman–Crippen LogP) is 2.23. The van der Waals surface area contributed by atoms with E-state index < -0.39 is 0 Å². The Morgan fingerprint density at radius 3 is 2.78 bits per heavy atom. The van der Waals surface area contributed by atoms with Crippen LogP contribution in [0.3, 0.4) is 0 Å². The lowest BCUT2D eigenvalue weighted by molar-refractivity contribution is 1.26. The second-order valence-corrected chi connectivity index (χ2v) is 2.32. The van der Waals surface area contributed by atoms with Crippen LogP contribution in [0.2, 0.25) is 5.15 Å². The Bertz CT molecular complexity index is 220. The second kappa shape index (κ2) is 2.36. The fourth-order valence-electron chi connectivity index (χ4n) is 0.550. The van der Waals surface area contributed by atoms with Crippen molar-refractivity contribution in [2.24, 2.45) is 0 Å². The molecule has 0 atom stereocenters. The van der Waals surface area contributed by atoms with Gasteiger partial charge < -0.3 is 0 Å². The summed E-state index contributed by atoms with van der Waals surface area (Å²) in [5, 5.41) is 0.528. The molecule has 0 N–H and O–H groups in total. The summed E-state index contributed by atoms with van der Waals surface area (Å²) in [6.45, 7) is 5.69. The smallest absolute Gasteiger partial charge is 0.129 e. The van der Waals surface area contributed by atoms with E-state index in [-0.39, 0.29) is 0 Å². The summed E-state index contributed by atoms with van der Waals surface area (Å²) in [6.07, 6.45) is 1.66. The summed E-state index contributed by atoms with van der Waals surface area (Å²) in [4.78, 5) is 3.84. The van der Waals surface area contributed by atoms with Gasteiger partial charge in [0.1, 0.15) is 5.15 Å². The second-order valence-electron chi connectivity index (χ2n) is 1.93. The maximum Gasteiger partial charge on any atom is 0.129 e. The Morgan fingerprint density at radius 2 is 2.33 bits per heavy atom. The molecule has 0 aliphatic carbocycles. The van der Waals surface area contributed by atoms with Crippen molar-refractivity contribution in [3.05, 3.63) is 35.5 Å². The summed E-state index contributed by atoms with van der Waals surface area (Å²) in [7, 11) is 0. The highest BCUT2D eigenvalue weighted by Crippen LogP contribution is 2.09. The zero-order chi connectivity index (χ0) is 6.85. The van der Waals surface area contributed by atoms with Gasteiger partial charge in [0.15, 0.2) is 0 Å². The van der Waals surface area contributed by atoms with Crippen molar-refractivity contribution in [3.63, 3.8) is 0 Å². The van der Waals surface area contributed by atoms with Gasteiger partial charge in [-0.3, -0.25) is 0 Å². The number of rotatable bonds is 0. The Morgan fingerprint density at radius 1 is 1.67 bits per heavy atom. The van der Waals surface area contributed by atoms with E-state index in [1.54, 1.807) is 12.3 Å². The largest absolute Gasteiger partial charge is 0.244 e. The zero-order valence-corrected chi connectivity index (χ0v) is 5.94. The highest BCUT2D eigenvalue weighted by molar-refractivity contribution is 6.29. The van der Waals surface area contributed by atoms with Crippen LogP contribution in [0.25, 0.3) is 0 Å². The minimum absolute atomic E-state index is 0.528. The summed E-state index contributed by atoms with van der Waals surface area (Å²) in [6, 6.07) is 1.80. The van der Waals surface area contributed by atoms with Crippen molar-refractivity contribution in [2.45, 2.75) is 6.92 Å². The quantitative estimate of drug-likeness (QED) is 0.504. The van der Waals surface area contributed by atoms with Crippen LogP contribution in [-0.2, 0) is 0 Å². The molecule has 0 amide bonds. The molecule has 2 heteroatoms. The van der Waals surface area contributed by atoms with Crippen LogP contribution in [0.15, 0.2) is 12.3 Å². The SMILES string of the molecule is [CH2]c1cnc(Cl)cc1C. The monoisotopic (exact) mass is 140 g/mol.